The van der Waals surface area contributed by atoms with Gasteiger partial charge in [0.05, 0.1) is 5.69 Å². The zero-order valence-electron chi connectivity index (χ0n) is 17.6. The first-order chi connectivity index (χ1) is 16.1. The average Bonchev–Trinajstić information content (AvgIpc) is 3.49. The van der Waals surface area contributed by atoms with Crippen LogP contribution in [0.1, 0.15) is 25.7 Å². The Bertz CT molecular complexity index is 1180. The van der Waals surface area contributed by atoms with Gasteiger partial charge in [-0.1, -0.05) is 6.07 Å². The van der Waals surface area contributed by atoms with Gasteiger partial charge in [-0.15, -0.1) is 0 Å². The number of benzene rings is 1. The number of fused-ring (bicyclic) bond motifs is 1. The molecule has 11 nitrogen and oxygen atoms in total. The molecule has 1 saturated heterocycles. The van der Waals surface area contributed by atoms with Crippen LogP contribution in [0.4, 0.5) is 11.6 Å². The molecule has 1 fully saturated rings. The zero-order valence-corrected chi connectivity index (χ0v) is 18.4. The number of nitrogens with zero attached hydrogens (tertiary/aromatic N) is 5. The fourth-order valence-electron chi connectivity index (χ4n) is 3.64. The Morgan fingerprint density at radius 2 is 1.85 bits per heavy atom. The lowest BCUT2D eigenvalue weighted by Gasteiger charge is -2.34. The third-order valence-electron chi connectivity index (χ3n) is 5.43. The molecule has 0 saturated carbocycles. The molecule has 33 heavy (non-hydrogen) atoms. The first-order valence-corrected chi connectivity index (χ1v) is 11.1. The molecule has 2 amide bonds. The molecule has 0 radical (unpaired) electrons. The number of hydrogen-bond donors (Lipinski definition) is 2. The second kappa shape index (κ2) is 8.90. The lowest BCUT2D eigenvalue weighted by molar-refractivity contribution is 0.0752. The smallest absolute Gasteiger partial charge is 0.273 e. The van der Waals surface area contributed by atoms with Gasteiger partial charge in [0.25, 0.3) is 11.8 Å². The molecule has 1 aromatic carbocycles. The molecule has 3 aromatic rings. The minimum absolute atomic E-state index is 0.0559. The summed E-state index contributed by atoms with van der Waals surface area (Å²) in [6, 6.07) is 7.20. The maximum atomic E-state index is 13.0. The maximum Gasteiger partial charge on any atom is 0.273 e. The van der Waals surface area contributed by atoms with Crippen LogP contribution in [0.3, 0.4) is 0 Å². The quantitative estimate of drug-likeness (QED) is 0.566. The number of piperazine rings is 1. The van der Waals surface area contributed by atoms with Gasteiger partial charge < -0.3 is 30.3 Å². The van der Waals surface area contributed by atoms with Gasteiger partial charge in [-0.05, 0) is 35.3 Å². The van der Waals surface area contributed by atoms with E-state index < -0.39 is 5.91 Å². The molecule has 4 heterocycles. The number of nitrogens with one attached hydrogen (secondary N) is 1. The molecule has 12 heteroatoms. The molecule has 2 aliphatic heterocycles. The summed E-state index contributed by atoms with van der Waals surface area (Å²) in [6.45, 7) is 2.67. The Morgan fingerprint density at radius 3 is 2.64 bits per heavy atom. The van der Waals surface area contributed by atoms with Crippen molar-refractivity contribution in [3.8, 4) is 11.5 Å². The standard InChI is InChI=1S/C21H21N7O4S/c22-16-17(19(29)25-11-13-2-3-14-15(10-13)32-12-31-14)26-33-18(16)20(30)27-6-8-28(9-7-27)21-23-4-1-5-24-21/h1-5,10H,6-9,11-12,22H2,(H,25,29). The normalized spacial score (nSPS) is 14.9. The lowest BCUT2D eigenvalue weighted by Crippen LogP contribution is -2.49. The second-order valence-electron chi connectivity index (χ2n) is 7.47. The Labute approximate surface area is 193 Å². The van der Waals surface area contributed by atoms with E-state index in [9.17, 15) is 9.59 Å². The number of ether oxygens (including phenoxy) is 2. The summed E-state index contributed by atoms with van der Waals surface area (Å²) in [6.07, 6.45) is 3.38. The minimum atomic E-state index is -0.438. The van der Waals surface area contributed by atoms with Crippen LogP contribution in [0.5, 0.6) is 11.5 Å². The van der Waals surface area contributed by atoms with Crippen molar-refractivity contribution in [2.24, 2.45) is 0 Å². The van der Waals surface area contributed by atoms with Crippen molar-refractivity contribution >= 4 is 35.0 Å². The van der Waals surface area contributed by atoms with Gasteiger partial charge in [-0.25, -0.2) is 9.97 Å². The van der Waals surface area contributed by atoms with E-state index in [4.69, 9.17) is 15.2 Å². The minimum Gasteiger partial charge on any atom is -0.454 e. The summed E-state index contributed by atoms with van der Waals surface area (Å²) in [7, 11) is 0. The third kappa shape index (κ3) is 4.24. The van der Waals surface area contributed by atoms with Crippen LogP contribution < -0.4 is 25.4 Å². The number of carbonyl (C=O) groups excluding carboxylic acids is 2. The van der Waals surface area contributed by atoms with Crippen LogP contribution in [0, 0.1) is 0 Å². The van der Waals surface area contributed by atoms with E-state index in [1.807, 2.05) is 17.0 Å². The largest absolute Gasteiger partial charge is 0.454 e. The van der Waals surface area contributed by atoms with Crippen molar-refractivity contribution in [2.75, 3.05) is 43.6 Å². The SMILES string of the molecule is Nc1c(C(=O)NCc2ccc3c(c2)OCO3)nsc1C(=O)N1CCN(c2ncccn2)CC1. The summed E-state index contributed by atoms with van der Waals surface area (Å²) < 4.78 is 14.8. The van der Waals surface area contributed by atoms with Crippen molar-refractivity contribution < 1.29 is 19.1 Å². The monoisotopic (exact) mass is 467 g/mol. The van der Waals surface area contributed by atoms with Gasteiger partial charge >= 0.3 is 0 Å². The molecular formula is C21H21N7O4S. The van der Waals surface area contributed by atoms with Gasteiger partial charge in [0.1, 0.15) is 4.88 Å². The van der Waals surface area contributed by atoms with Crippen molar-refractivity contribution in [3.63, 3.8) is 0 Å². The van der Waals surface area contributed by atoms with Crippen molar-refractivity contribution in [1.82, 2.24) is 24.6 Å². The van der Waals surface area contributed by atoms with Crippen LogP contribution in [-0.2, 0) is 6.54 Å². The van der Waals surface area contributed by atoms with Crippen LogP contribution in [0.15, 0.2) is 36.7 Å². The molecular weight excluding hydrogens is 446 g/mol. The summed E-state index contributed by atoms with van der Waals surface area (Å²) in [5, 5.41) is 2.79. The summed E-state index contributed by atoms with van der Waals surface area (Å²) in [4.78, 5) is 38.1. The molecule has 0 unspecified atom stereocenters. The maximum absolute atomic E-state index is 13.0. The van der Waals surface area contributed by atoms with E-state index >= 15 is 0 Å². The second-order valence-corrected chi connectivity index (χ2v) is 8.25. The lowest BCUT2D eigenvalue weighted by atomic mass is 10.2. The molecule has 0 bridgehead atoms. The summed E-state index contributed by atoms with van der Waals surface area (Å²) in [5.74, 6) is 1.29. The van der Waals surface area contributed by atoms with E-state index in [0.717, 1.165) is 17.1 Å². The molecule has 2 aliphatic rings. The number of rotatable bonds is 5. The highest BCUT2D eigenvalue weighted by Crippen LogP contribution is 2.32. The number of anilines is 2. The average molecular weight is 468 g/mol. The van der Waals surface area contributed by atoms with Crippen molar-refractivity contribution in [2.45, 2.75) is 6.54 Å². The molecule has 0 atom stereocenters. The molecule has 5 rings (SSSR count). The van der Waals surface area contributed by atoms with Gasteiger partial charge in [0, 0.05) is 45.1 Å². The van der Waals surface area contributed by atoms with Crippen LogP contribution in [0.2, 0.25) is 0 Å². The van der Waals surface area contributed by atoms with E-state index in [1.54, 1.807) is 29.4 Å². The molecule has 170 valence electrons. The topological polar surface area (TPSA) is 136 Å². The fourth-order valence-corrected chi connectivity index (χ4v) is 4.41. The first kappa shape index (κ1) is 20.9. The highest BCUT2D eigenvalue weighted by molar-refractivity contribution is 7.09. The van der Waals surface area contributed by atoms with Crippen molar-refractivity contribution in [3.05, 3.63) is 52.8 Å². The predicted molar refractivity (Wildman–Crippen MR) is 120 cm³/mol. The highest BCUT2D eigenvalue weighted by Gasteiger charge is 2.28. The van der Waals surface area contributed by atoms with Crippen LogP contribution >= 0.6 is 11.5 Å². The summed E-state index contributed by atoms with van der Waals surface area (Å²) in [5.41, 5.74) is 7.15. The Hall–Kier alpha value is -3.93. The van der Waals surface area contributed by atoms with Gasteiger partial charge in [0.2, 0.25) is 12.7 Å². The Morgan fingerprint density at radius 1 is 1.09 bits per heavy atom. The zero-order chi connectivity index (χ0) is 22.8. The summed E-state index contributed by atoms with van der Waals surface area (Å²) >= 11 is 0.940. The molecule has 0 spiro atoms. The van der Waals surface area contributed by atoms with E-state index in [1.165, 1.54) is 0 Å². The van der Waals surface area contributed by atoms with Gasteiger partial charge in [0.15, 0.2) is 17.2 Å². The van der Waals surface area contributed by atoms with Crippen molar-refractivity contribution in [1.29, 1.82) is 0 Å². The number of carbonyl (C=O) groups is 2. The van der Waals surface area contributed by atoms with Crippen LogP contribution in [-0.4, -0.2) is 64.0 Å². The van der Waals surface area contributed by atoms with E-state index in [0.29, 0.717) is 43.6 Å². The van der Waals surface area contributed by atoms with Gasteiger partial charge in [-0.2, -0.15) is 4.37 Å². The molecule has 2 aromatic heterocycles. The van der Waals surface area contributed by atoms with E-state index in [2.05, 4.69) is 19.7 Å². The Kier molecular flexibility index (Phi) is 5.65. The first-order valence-electron chi connectivity index (χ1n) is 10.3. The Balaban J connectivity index is 1.19. The number of amides is 2. The number of nitrogen functional groups attached to an aromatic ring is 1. The number of aromatic nitrogens is 3. The highest BCUT2D eigenvalue weighted by atomic mass is 32.1. The molecule has 3 N–H and O–H groups in total. The number of nitrogens with two attached hydrogens (primary N) is 1. The fraction of sp³-hybridized carbons (Fsp3) is 0.286. The molecule has 0 aliphatic carbocycles. The third-order valence-corrected chi connectivity index (χ3v) is 6.28. The predicted octanol–water partition coefficient (Wildman–Crippen LogP) is 1.14. The van der Waals surface area contributed by atoms with Gasteiger partial charge in [-0.3, -0.25) is 9.59 Å². The van der Waals surface area contributed by atoms with E-state index in [-0.39, 0.29) is 35.5 Å². The van der Waals surface area contributed by atoms with Crippen LogP contribution in [0.25, 0.3) is 0 Å². The number of hydrogen-bond acceptors (Lipinski definition) is 10.